The first-order valence-electron chi connectivity index (χ1n) is 7.93. The summed E-state index contributed by atoms with van der Waals surface area (Å²) >= 11 is 0. The summed E-state index contributed by atoms with van der Waals surface area (Å²) in [6.45, 7) is 5.87. The maximum absolute atomic E-state index is 12.6. The van der Waals surface area contributed by atoms with Crippen LogP contribution in [0.5, 0.6) is 0 Å². The topological polar surface area (TPSA) is 66.2 Å². The Kier molecular flexibility index (Phi) is 4.52. The average molecular weight is 308 g/mol. The van der Waals surface area contributed by atoms with E-state index in [0.29, 0.717) is 37.6 Å². The SMILES string of the molecule is Cc1occc1C(=O)N1CCOC[C@](O)(CN2CCCC2)C1. The van der Waals surface area contributed by atoms with Crippen molar-refractivity contribution < 1.29 is 19.1 Å². The smallest absolute Gasteiger partial charge is 0.257 e. The number of rotatable bonds is 3. The van der Waals surface area contributed by atoms with Gasteiger partial charge in [-0.2, -0.15) is 0 Å². The molecule has 0 bridgehead atoms. The Balaban J connectivity index is 1.71. The van der Waals surface area contributed by atoms with Crippen LogP contribution in [0.2, 0.25) is 0 Å². The lowest BCUT2D eigenvalue weighted by Gasteiger charge is -2.33. The molecule has 0 saturated carbocycles. The van der Waals surface area contributed by atoms with Crippen LogP contribution in [0, 0.1) is 6.92 Å². The Hall–Kier alpha value is -1.37. The molecule has 122 valence electrons. The summed E-state index contributed by atoms with van der Waals surface area (Å²) in [5.41, 5.74) is -0.445. The molecule has 22 heavy (non-hydrogen) atoms. The van der Waals surface area contributed by atoms with Crippen LogP contribution in [0.1, 0.15) is 29.0 Å². The molecule has 2 aliphatic rings. The number of aryl methyl sites for hydroxylation is 1. The summed E-state index contributed by atoms with van der Waals surface area (Å²) in [6, 6.07) is 1.68. The average Bonchev–Trinajstić information content (AvgIpc) is 3.09. The van der Waals surface area contributed by atoms with E-state index in [1.807, 2.05) is 0 Å². The molecule has 3 rings (SSSR count). The summed E-state index contributed by atoms with van der Waals surface area (Å²) in [6.07, 6.45) is 3.87. The van der Waals surface area contributed by atoms with E-state index >= 15 is 0 Å². The van der Waals surface area contributed by atoms with Gasteiger partial charge < -0.3 is 24.1 Å². The second-order valence-corrected chi connectivity index (χ2v) is 6.38. The van der Waals surface area contributed by atoms with Gasteiger partial charge in [0.05, 0.1) is 31.6 Å². The third-order valence-electron chi connectivity index (χ3n) is 4.45. The highest BCUT2D eigenvalue weighted by Gasteiger charge is 2.37. The second-order valence-electron chi connectivity index (χ2n) is 6.38. The molecule has 1 aromatic rings. The second kappa shape index (κ2) is 6.40. The highest BCUT2D eigenvalue weighted by molar-refractivity contribution is 5.95. The fourth-order valence-electron chi connectivity index (χ4n) is 3.32. The van der Waals surface area contributed by atoms with Crippen LogP contribution in [-0.2, 0) is 4.74 Å². The van der Waals surface area contributed by atoms with Crippen molar-refractivity contribution in [2.75, 3.05) is 45.9 Å². The lowest BCUT2D eigenvalue weighted by molar-refractivity contribution is -0.0524. The molecule has 6 heteroatoms. The number of nitrogens with zero attached hydrogens (tertiary/aromatic N) is 2. The zero-order chi connectivity index (χ0) is 15.6. The molecule has 1 aromatic heterocycles. The van der Waals surface area contributed by atoms with E-state index in [1.54, 1.807) is 17.9 Å². The quantitative estimate of drug-likeness (QED) is 0.898. The first kappa shape index (κ1) is 15.5. The Labute approximate surface area is 130 Å². The Morgan fingerprint density at radius 2 is 2.14 bits per heavy atom. The molecular weight excluding hydrogens is 284 g/mol. The normalized spacial score (nSPS) is 27.1. The molecule has 0 aromatic carbocycles. The molecule has 0 unspecified atom stereocenters. The predicted octanol–water partition coefficient (Wildman–Crippen LogP) is 0.887. The summed E-state index contributed by atoms with van der Waals surface area (Å²) in [5.74, 6) is 0.509. The van der Waals surface area contributed by atoms with Crippen LogP contribution >= 0.6 is 0 Å². The standard InChI is InChI=1S/C16H24N2O4/c1-13-14(4-8-22-13)15(19)18-7-9-21-12-16(20,11-18)10-17-5-2-3-6-17/h4,8,20H,2-3,5-7,9-12H2,1H3/t16-/m0/s1. The van der Waals surface area contributed by atoms with E-state index in [9.17, 15) is 9.90 Å². The number of β-amino-alcohol motifs (C(OH)–C–C–N with tert-alkyl or cyclic N) is 1. The van der Waals surface area contributed by atoms with Gasteiger partial charge in [0.15, 0.2) is 0 Å². The largest absolute Gasteiger partial charge is 0.469 e. The van der Waals surface area contributed by atoms with Gasteiger partial charge in [0.1, 0.15) is 11.4 Å². The van der Waals surface area contributed by atoms with Crippen LogP contribution in [-0.4, -0.2) is 72.4 Å². The first-order valence-corrected chi connectivity index (χ1v) is 7.93. The van der Waals surface area contributed by atoms with Gasteiger partial charge in [0, 0.05) is 13.1 Å². The van der Waals surface area contributed by atoms with Crippen LogP contribution in [0.4, 0.5) is 0 Å². The fourth-order valence-corrected chi connectivity index (χ4v) is 3.32. The van der Waals surface area contributed by atoms with Crippen molar-refractivity contribution in [2.45, 2.75) is 25.4 Å². The monoisotopic (exact) mass is 308 g/mol. The summed E-state index contributed by atoms with van der Waals surface area (Å²) in [4.78, 5) is 16.6. The third-order valence-corrected chi connectivity index (χ3v) is 4.45. The molecule has 6 nitrogen and oxygen atoms in total. The van der Waals surface area contributed by atoms with E-state index in [4.69, 9.17) is 9.15 Å². The number of amides is 1. The van der Waals surface area contributed by atoms with Gasteiger partial charge in [-0.25, -0.2) is 0 Å². The minimum Gasteiger partial charge on any atom is -0.469 e. The lowest BCUT2D eigenvalue weighted by atomic mass is 10.0. The van der Waals surface area contributed by atoms with Crippen molar-refractivity contribution >= 4 is 5.91 Å². The van der Waals surface area contributed by atoms with Crippen LogP contribution in [0.15, 0.2) is 16.7 Å². The van der Waals surface area contributed by atoms with E-state index in [-0.39, 0.29) is 12.5 Å². The number of hydrogen-bond donors (Lipinski definition) is 1. The number of hydrogen-bond acceptors (Lipinski definition) is 5. The third kappa shape index (κ3) is 3.34. The van der Waals surface area contributed by atoms with Gasteiger partial charge in [-0.3, -0.25) is 4.79 Å². The minimum atomic E-state index is -1.01. The van der Waals surface area contributed by atoms with E-state index in [2.05, 4.69) is 4.90 Å². The molecule has 1 amide bonds. The maximum Gasteiger partial charge on any atom is 0.257 e. The Bertz CT molecular complexity index is 524. The van der Waals surface area contributed by atoms with E-state index in [1.165, 1.54) is 19.1 Å². The van der Waals surface area contributed by atoms with Crippen molar-refractivity contribution in [1.82, 2.24) is 9.80 Å². The first-order chi connectivity index (χ1) is 10.6. The van der Waals surface area contributed by atoms with Crippen molar-refractivity contribution in [3.63, 3.8) is 0 Å². The molecule has 0 aliphatic carbocycles. The van der Waals surface area contributed by atoms with Crippen molar-refractivity contribution in [1.29, 1.82) is 0 Å². The fraction of sp³-hybridized carbons (Fsp3) is 0.688. The maximum atomic E-state index is 12.6. The van der Waals surface area contributed by atoms with E-state index in [0.717, 1.165) is 13.1 Å². The number of furan rings is 1. The highest BCUT2D eigenvalue weighted by atomic mass is 16.5. The molecule has 1 N–H and O–H groups in total. The van der Waals surface area contributed by atoms with Crippen molar-refractivity contribution in [2.24, 2.45) is 0 Å². The highest BCUT2D eigenvalue weighted by Crippen LogP contribution is 2.20. The molecule has 1 atom stereocenters. The lowest BCUT2D eigenvalue weighted by Crippen LogP contribution is -2.53. The van der Waals surface area contributed by atoms with Gasteiger partial charge in [0.2, 0.25) is 0 Å². The number of aliphatic hydroxyl groups is 1. The molecule has 0 radical (unpaired) electrons. The van der Waals surface area contributed by atoms with Crippen LogP contribution in [0.25, 0.3) is 0 Å². The zero-order valence-electron chi connectivity index (χ0n) is 13.1. The zero-order valence-corrected chi connectivity index (χ0v) is 13.1. The molecule has 2 saturated heterocycles. The van der Waals surface area contributed by atoms with Crippen molar-refractivity contribution in [3.05, 3.63) is 23.7 Å². The van der Waals surface area contributed by atoms with E-state index < -0.39 is 5.60 Å². The van der Waals surface area contributed by atoms with Gasteiger partial charge in [-0.15, -0.1) is 0 Å². The van der Waals surface area contributed by atoms with Gasteiger partial charge >= 0.3 is 0 Å². The number of likely N-dealkylation sites (tertiary alicyclic amines) is 1. The number of carbonyl (C=O) groups excluding carboxylic acids is 1. The number of carbonyl (C=O) groups is 1. The molecule has 0 spiro atoms. The van der Waals surface area contributed by atoms with Gasteiger partial charge in [0.25, 0.3) is 5.91 Å². The molecule has 2 fully saturated rings. The minimum absolute atomic E-state index is 0.100. The summed E-state index contributed by atoms with van der Waals surface area (Å²) in [5, 5.41) is 10.9. The number of ether oxygens (including phenoxy) is 1. The summed E-state index contributed by atoms with van der Waals surface area (Å²) < 4.78 is 10.8. The summed E-state index contributed by atoms with van der Waals surface area (Å²) in [7, 11) is 0. The Morgan fingerprint density at radius 1 is 1.36 bits per heavy atom. The van der Waals surface area contributed by atoms with Crippen LogP contribution in [0.3, 0.4) is 0 Å². The van der Waals surface area contributed by atoms with Crippen molar-refractivity contribution in [3.8, 4) is 0 Å². The van der Waals surface area contributed by atoms with Crippen LogP contribution < -0.4 is 0 Å². The predicted molar refractivity (Wildman–Crippen MR) is 80.8 cm³/mol. The van der Waals surface area contributed by atoms with Gasteiger partial charge in [-0.05, 0) is 38.9 Å². The molecule has 3 heterocycles. The Morgan fingerprint density at radius 3 is 2.82 bits per heavy atom. The molecular formula is C16H24N2O4. The molecule has 2 aliphatic heterocycles. The van der Waals surface area contributed by atoms with Gasteiger partial charge in [-0.1, -0.05) is 0 Å².